The molecule has 4 rings (SSSR count). The van der Waals surface area contributed by atoms with Crippen LogP contribution in [0.5, 0.6) is 11.5 Å². The van der Waals surface area contributed by atoms with Crippen molar-refractivity contribution in [2.45, 2.75) is 0 Å². The molecule has 39 heavy (non-hydrogen) atoms. The molecule has 3 aromatic rings. The summed E-state index contributed by atoms with van der Waals surface area (Å²) in [5.41, 5.74) is -0.0491. The fraction of sp³-hybridized carbons (Fsp3) is 0.0769. The van der Waals surface area contributed by atoms with Gasteiger partial charge in [0.25, 0.3) is 17.7 Å². The summed E-state index contributed by atoms with van der Waals surface area (Å²) in [6.07, 6.45) is 1.21. The van der Waals surface area contributed by atoms with Gasteiger partial charge < -0.3 is 14.8 Å². The molecular formula is C26H17Cl3FN3O6. The molecule has 0 saturated carbocycles. The minimum Gasteiger partial charge on any atom is -0.493 e. The zero-order chi connectivity index (χ0) is 28.3. The first kappa shape index (κ1) is 27.9. The number of carbonyl (C=O) groups excluding carboxylic acids is 4. The Kier molecular flexibility index (Phi) is 8.39. The van der Waals surface area contributed by atoms with E-state index in [4.69, 9.17) is 44.3 Å². The quantitative estimate of drug-likeness (QED) is 0.278. The molecule has 0 atom stereocenters. The van der Waals surface area contributed by atoms with E-state index in [0.29, 0.717) is 0 Å². The summed E-state index contributed by atoms with van der Waals surface area (Å²) in [4.78, 5) is 51.1. The van der Waals surface area contributed by atoms with Gasteiger partial charge in [-0.3, -0.25) is 19.7 Å². The van der Waals surface area contributed by atoms with Gasteiger partial charge in [0.05, 0.1) is 33.6 Å². The highest BCUT2D eigenvalue weighted by Crippen LogP contribution is 2.37. The van der Waals surface area contributed by atoms with E-state index in [-0.39, 0.29) is 49.1 Å². The van der Waals surface area contributed by atoms with Crippen molar-refractivity contribution in [3.05, 3.63) is 86.6 Å². The van der Waals surface area contributed by atoms with Gasteiger partial charge in [-0.05, 0) is 54.1 Å². The van der Waals surface area contributed by atoms with Crippen LogP contribution < -0.4 is 25.0 Å². The Bertz CT molecular complexity index is 1550. The molecule has 0 bridgehead atoms. The van der Waals surface area contributed by atoms with Crippen LogP contribution in [-0.2, 0) is 14.4 Å². The number of urea groups is 1. The molecule has 1 aliphatic heterocycles. The molecule has 0 unspecified atom stereocenters. The van der Waals surface area contributed by atoms with Gasteiger partial charge in [-0.25, -0.2) is 14.1 Å². The summed E-state index contributed by atoms with van der Waals surface area (Å²) in [6, 6.07) is 11.5. The number of hydrogen-bond acceptors (Lipinski definition) is 6. The minimum absolute atomic E-state index is 0.00275. The van der Waals surface area contributed by atoms with E-state index < -0.39 is 36.2 Å². The highest BCUT2D eigenvalue weighted by molar-refractivity contribution is 6.43. The van der Waals surface area contributed by atoms with Gasteiger partial charge in [0.1, 0.15) is 11.4 Å². The fourth-order valence-corrected chi connectivity index (χ4v) is 4.10. The highest BCUT2D eigenvalue weighted by atomic mass is 35.5. The first-order chi connectivity index (χ1) is 18.6. The third-order valence-electron chi connectivity index (χ3n) is 5.32. The summed E-state index contributed by atoms with van der Waals surface area (Å²) < 4.78 is 24.6. The SMILES string of the molecule is COc1cc(/C=C2/C(=O)NC(=O)N(c3ccc(Cl)c(Cl)c3)C2=O)cc(Cl)c1OCC(=O)Nc1ccccc1F. The maximum atomic E-state index is 13.8. The van der Waals surface area contributed by atoms with E-state index in [2.05, 4.69) is 10.6 Å². The van der Waals surface area contributed by atoms with Crippen molar-refractivity contribution in [1.82, 2.24) is 5.32 Å². The molecule has 0 spiro atoms. The van der Waals surface area contributed by atoms with Crippen molar-refractivity contribution in [1.29, 1.82) is 0 Å². The van der Waals surface area contributed by atoms with Crippen LogP contribution in [0.4, 0.5) is 20.6 Å². The molecule has 200 valence electrons. The molecule has 9 nitrogen and oxygen atoms in total. The first-order valence-electron chi connectivity index (χ1n) is 11.0. The van der Waals surface area contributed by atoms with E-state index >= 15 is 0 Å². The molecule has 1 heterocycles. The molecule has 3 aromatic carbocycles. The Balaban J connectivity index is 1.57. The Hall–Kier alpha value is -4.12. The monoisotopic (exact) mass is 591 g/mol. The van der Waals surface area contributed by atoms with E-state index in [9.17, 15) is 23.6 Å². The van der Waals surface area contributed by atoms with Gasteiger partial charge in [-0.15, -0.1) is 0 Å². The molecule has 1 saturated heterocycles. The Morgan fingerprint density at radius 2 is 1.77 bits per heavy atom. The predicted molar refractivity (Wildman–Crippen MR) is 144 cm³/mol. The van der Waals surface area contributed by atoms with Crippen LogP contribution in [0.2, 0.25) is 15.1 Å². The minimum atomic E-state index is -0.964. The molecule has 5 amide bonds. The summed E-state index contributed by atoms with van der Waals surface area (Å²) in [5, 5.41) is 4.78. The lowest BCUT2D eigenvalue weighted by molar-refractivity contribution is -0.122. The standard InChI is InChI=1S/C26H17Cl3FN3O6/c1-38-21-10-13(9-18(29)23(21)39-12-22(34)31-20-5-3-2-4-19(20)30)8-15-24(35)32-26(37)33(25(15)36)14-6-7-16(27)17(28)11-14/h2-11H,12H2,1H3,(H,31,34)(H,32,35,37)/b15-8-. The highest BCUT2D eigenvalue weighted by Gasteiger charge is 2.37. The van der Waals surface area contributed by atoms with Crippen LogP contribution in [0.15, 0.2) is 60.2 Å². The number of benzene rings is 3. The van der Waals surface area contributed by atoms with E-state index in [1.54, 1.807) is 6.07 Å². The van der Waals surface area contributed by atoms with E-state index in [1.807, 2.05) is 0 Å². The Labute approximate surface area is 236 Å². The van der Waals surface area contributed by atoms with Crippen molar-refractivity contribution in [3.8, 4) is 11.5 Å². The molecule has 0 aliphatic carbocycles. The number of nitrogens with one attached hydrogen (secondary N) is 2. The molecule has 0 radical (unpaired) electrons. The second-order valence-corrected chi connectivity index (χ2v) is 9.13. The lowest BCUT2D eigenvalue weighted by Gasteiger charge is -2.26. The van der Waals surface area contributed by atoms with Crippen molar-refractivity contribution < 1.29 is 33.0 Å². The summed E-state index contributed by atoms with van der Waals surface area (Å²) in [7, 11) is 1.32. The number of ether oxygens (including phenoxy) is 2. The molecule has 1 fully saturated rings. The number of imide groups is 2. The van der Waals surface area contributed by atoms with Crippen LogP contribution in [0.25, 0.3) is 6.08 Å². The smallest absolute Gasteiger partial charge is 0.335 e. The van der Waals surface area contributed by atoms with Gasteiger partial charge in [0.2, 0.25) is 0 Å². The summed E-state index contributed by atoms with van der Waals surface area (Å²) in [6.45, 7) is -0.521. The molecule has 0 aromatic heterocycles. The normalized spacial score (nSPS) is 14.3. The second-order valence-electron chi connectivity index (χ2n) is 7.91. The first-order valence-corrected chi connectivity index (χ1v) is 12.1. The fourth-order valence-electron chi connectivity index (χ4n) is 3.53. The zero-order valence-corrected chi connectivity index (χ0v) is 22.2. The van der Waals surface area contributed by atoms with Gasteiger partial charge in [0.15, 0.2) is 18.1 Å². The second kappa shape index (κ2) is 11.7. The van der Waals surface area contributed by atoms with Crippen LogP contribution in [0, 0.1) is 5.82 Å². The summed E-state index contributed by atoms with van der Waals surface area (Å²) in [5.74, 6) is -3.03. The predicted octanol–water partition coefficient (Wildman–Crippen LogP) is 5.48. The van der Waals surface area contributed by atoms with Crippen LogP contribution in [0.3, 0.4) is 0 Å². The van der Waals surface area contributed by atoms with Crippen molar-refractivity contribution in [2.75, 3.05) is 23.9 Å². The average Bonchev–Trinajstić information content (AvgIpc) is 2.89. The lowest BCUT2D eigenvalue weighted by atomic mass is 10.1. The summed E-state index contributed by atoms with van der Waals surface area (Å²) >= 11 is 18.3. The topological polar surface area (TPSA) is 114 Å². The number of para-hydroxylation sites is 1. The average molecular weight is 593 g/mol. The number of barbiturate groups is 1. The largest absolute Gasteiger partial charge is 0.493 e. The maximum Gasteiger partial charge on any atom is 0.335 e. The van der Waals surface area contributed by atoms with Crippen molar-refractivity contribution in [3.63, 3.8) is 0 Å². The molecule has 1 aliphatic rings. The van der Waals surface area contributed by atoms with Gasteiger partial charge in [-0.1, -0.05) is 46.9 Å². The van der Waals surface area contributed by atoms with Crippen molar-refractivity contribution in [2.24, 2.45) is 0 Å². The van der Waals surface area contributed by atoms with Crippen LogP contribution in [0.1, 0.15) is 5.56 Å². The third kappa shape index (κ3) is 6.14. The van der Waals surface area contributed by atoms with Gasteiger partial charge >= 0.3 is 6.03 Å². The van der Waals surface area contributed by atoms with Crippen LogP contribution >= 0.6 is 34.8 Å². The van der Waals surface area contributed by atoms with Gasteiger partial charge in [-0.2, -0.15) is 0 Å². The number of hydrogen-bond donors (Lipinski definition) is 2. The number of rotatable bonds is 7. The zero-order valence-electron chi connectivity index (χ0n) is 19.9. The third-order valence-corrected chi connectivity index (χ3v) is 6.34. The van der Waals surface area contributed by atoms with E-state index in [1.165, 1.54) is 61.7 Å². The van der Waals surface area contributed by atoms with Crippen molar-refractivity contribution >= 4 is 76.0 Å². The number of carbonyl (C=O) groups is 4. The number of halogens is 4. The number of amides is 5. The number of nitrogens with zero attached hydrogens (tertiary/aromatic N) is 1. The van der Waals surface area contributed by atoms with Gasteiger partial charge in [0, 0.05) is 0 Å². The maximum absolute atomic E-state index is 13.8. The number of methoxy groups -OCH3 is 1. The molecular weight excluding hydrogens is 576 g/mol. The number of anilines is 2. The molecule has 13 heteroatoms. The molecule has 2 N–H and O–H groups in total. The lowest BCUT2D eigenvalue weighted by Crippen LogP contribution is -2.54. The Morgan fingerprint density at radius 3 is 2.46 bits per heavy atom. The Morgan fingerprint density at radius 1 is 1.03 bits per heavy atom. The van der Waals surface area contributed by atoms with E-state index in [0.717, 1.165) is 4.90 Å². The van der Waals surface area contributed by atoms with Crippen LogP contribution in [-0.4, -0.2) is 37.5 Å².